The molecule has 5 heteroatoms. The van der Waals surface area contributed by atoms with Gasteiger partial charge in [0.15, 0.2) is 0 Å². The van der Waals surface area contributed by atoms with Gasteiger partial charge in [-0.15, -0.1) is 0 Å². The van der Waals surface area contributed by atoms with Gasteiger partial charge in [-0.05, 0) is 25.2 Å². The molecule has 0 spiro atoms. The van der Waals surface area contributed by atoms with Gasteiger partial charge in [-0.3, -0.25) is 14.6 Å². The van der Waals surface area contributed by atoms with Gasteiger partial charge in [-0.25, -0.2) is 0 Å². The SMILES string of the molecule is CC[C@H](CO)N1CCN(CC(=O)N2CCC(C)CC2)CC1. The van der Waals surface area contributed by atoms with Crippen LogP contribution in [0.15, 0.2) is 0 Å². The highest BCUT2D eigenvalue weighted by Crippen LogP contribution is 2.16. The lowest BCUT2D eigenvalue weighted by Crippen LogP contribution is -2.53. The number of carbonyl (C=O) groups excluding carboxylic acids is 1. The van der Waals surface area contributed by atoms with Crippen LogP contribution in [0.4, 0.5) is 0 Å². The molecule has 21 heavy (non-hydrogen) atoms. The smallest absolute Gasteiger partial charge is 0.236 e. The van der Waals surface area contributed by atoms with Crippen molar-refractivity contribution in [3.05, 3.63) is 0 Å². The molecule has 2 aliphatic heterocycles. The Balaban J connectivity index is 1.72. The van der Waals surface area contributed by atoms with E-state index in [1.165, 1.54) is 0 Å². The third-order valence-electron chi connectivity index (χ3n) is 5.10. The maximum absolute atomic E-state index is 12.3. The second-order valence-electron chi connectivity index (χ2n) is 6.62. The Hall–Kier alpha value is -0.650. The lowest BCUT2D eigenvalue weighted by Gasteiger charge is -2.39. The first-order valence-corrected chi connectivity index (χ1v) is 8.49. The molecule has 0 saturated carbocycles. The van der Waals surface area contributed by atoms with Crippen LogP contribution < -0.4 is 0 Å². The van der Waals surface area contributed by atoms with Crippen LogP contribution in [0, 0.1) is 5.92 Å². The van der Waals surface area contributed by atoms with Crippen LogP contribution in [-0.4, -0.2) is 84.2 Å². The summed E-state index contributed by atoms with van der Waals surface area (Å²) in [7, 11) is 0. The van der Waals surface area contributed by atoms with Gasteiger partial charge in [0.1, 0.15) is 0 Å². The summed E-state index contributed by atoms with van der Waals surface area (Å²) in [6, 6.07) is 0.284. The Bertz CT molecular complexity index is 317. The average Bonchev–Trinajstić information content (AvgIpc) is 2.51. The Labute approximate surface area is 128 Å². The summed E-state index contributed by atoms with van der Waals surface area (Å²) in [6.07, 6.45) is 3.28. The number of likely N-dealkylation sites (tertiary alicyclic amines) is 1. The molecular formula is C16H31N3O2. The maximum atomic E-state index is 12.3. The van der Waals surface area contributed by atoms with E-state index in [0.717, 1.165) is 64.4 Å². The Morgan fingerprint density at radius 1 is 1.14 bits per heavy atom. The number of carbonyl (C=O) groups is 1. The van der Waals surface area contributed by atoms with E-state index in [9.17, 15) is 9.90 Å². The predicted molar refractivity (Wildman–Crippen MR) is 84.2 cm³/mol. The Kier molecular flexibility index (Phi) is 6.45. The van der Waals surface area contributed by atoms with Crippen molar-refractivity contribution in [3.63, 3.8) is 0 Å². The van der Waals surface area contributed by atoms with Crippen LogP contribution in [0.1, 0.15) is 33.1 Å². The molecule has 0 aromatic carbocycles. The molecule has 1 N–H and O–H groups in total. The summed E-state index contributed by atoms with van der Waals surface area (Å²) in [5.74, 6) is 1.06. The quantitative estimate of drug-likeness (QED) is 0.809. The van der Waals surface area contributed by atoms with E-state index < -0.39 is 0 Å². The fraction of sp³-hybridized carbons (Fsp3) is 0.938. The van der Waals surface area contributed by atoms with E-state index in [0.29, 0.717) is 12.5 Å². The van der Waals surface area contributed by atoms with Gasteiger partial charge >= 0.3 is 0 Å². The fourth-order valence-corrected chi connectivity index (χ4v) is 3.34. The van der Waals surface area contributed by atoms with E-state index in [2.05, 4.69) is 23.6 Å². The van der Waals surface area contributed by atoms with Crippen molar-refractivity contribution in [3.8, 4) is 0 Å². The summed E-state index contributed by atoms with van der Waals surface area (Å²) >= 11 is 0. The van der Waals surface area contributed by atoms with Crippen LogP contribution in [0.2, 0.25) is 0 Å². The molecule has 0 radical (unpaired) electrons. The van der Waals surface area contributed by atoms with E-state index >= 15 is 0 Å². The number of amides is 1. The molecule has 0 bridgehead atoms. The summed E-state index contributed by atoms with van der Waals surface area (Å²) in [6.45, 7) is 10.9. The minimum atomic E-state index is 0.237. The van der Waals surface area contributed by atoms with Crippen molar-refractivity contribution < 1.29 is 9.90 Å². The molecule has 2 rings (SSSR count). The van der Waals surface area contributed by atoms with Crippen molar-refractivity contribution in [2.45, 2.75) is 39.2 Å². The Morgan fingerprint density at radius 2 is 1.76 bits per heavy atom. The Morgan fingerprint density at radius 3 is 2.29 bits per heavy atom. The van der Waals surface area contributed by atoms with Gasteiger partial charge in [-0.2, -0.15) is 0 Å². The maximum Gasteiger partial charge on any atom is 0.236 e. The fourth-order valence-electron chi connectivity index (χ4n) is 3.34. The lowest BCUT2D eigenvalue weighted by molar-refractivity contribution is -0.134. The first kappa shape index (κ1) is 16.7. The highest BCUT2D eigenvalue weighted by molar-refractivity contribution is 5.78. The summed E-state index contributed by atoms with van der Waals surface area (Å²) in [5, 5.41) is 9.37. The van der Waals surface area contributed by atoms with Crippen molar-refractivity contribution in [2.75, 3.05) is 52.4 Å². The number of aliphatic hydroxyl groups is 1. The van der Waals surface area contributed by atoms with Crippen molar-refractivity contribution >= 4 is 5.91 Å². The molecule has 1 atom stereocenters. The zero-order chi connectivity index (χ0) is 15.2. The van der Waals surface area contributed by atoms with Crippen molar-refractivity contribution in [1.29, 1.82) is 0 Å². The van der Waals surface area contributed by atoms with E-state index in [-0.39, 0.29) is 12.6 Å². The van der Waals surface area contributed by atoms with Gasteiger partial charge in [0.25, 0.3) is 0 Å². The molecule has 5 nitrogen and oxygen atoms in total. The minimum Gasteiger partial charge on any atom is -0.395 e. The summed E-state index contributed by atoms with van der Waals surface area (Å²) < 4.78 is 0. The number of hydrogen-bond acceptors (Lipinski definition) is 4. The molecule has 0 unspecified atom stereocenters. The van der Waals surface area contributed by atoms with Gasteiger partial charge in [0.2, 0.25) is 5.91 Å². The summed E-state index contributed by atoms with van der Waals surface area (Å²) in [4.78, 5) is 19.0. The van der Waals surface area contributed by atoms with E-state index in [4.69, 9.17) is 0 Å². The molecule has 2 fully saturated rings. The van der Waals surface area contributed by atoms with Crippen LogP contribution in [-0.2, 0) is 4.79 Å². The zero-order valence-corrected chi connectivity index (χ0v) is 13.6. The third-order valence-corrected chi connectivity index (χ3v) is 5.10. The highest BCUT2D eigenvalue weighted by atomic mass is 16.3. The number of piperidine rings is 1. The molecule has 2 saturated heterocycles. The lowest BCUT2D eigenvalue weighted by atomic mass is 9.99. The molecule has 122 valence electrons. The molecule has 2 aliphatic rings. The van der Waals surface area contributed by atoms with Gasteiger partial charge < -0.3 is 10.0 Å². The standard InChI is InChI=1S/C16H31N3O2/c1-3-15(13-20)18-10-8-17(9-11-18)12-16(21)19-6-4-14(2)5-7-19/h14-15,20H,3-13H2,1-2H3/t15-/m1/s1. The largest absolute Gasteiger partial charge is 0.395 e. The van der Waals surface area contributed by atoms with Gasteiger partial charge in [-0.1, -0.05) is 13.8 Å². The number of aliphatic hydroxyl groups excluding tert-OH is 1. The van der Waals surface area contributed by atoms with Crippen molar-refractivity contribution in [2.24, 2.45) is 5.92 Å². The molecular weight excluding hydrogens is 266 g/mol. The number of piperazine rings is 1. The molecule has 2 heterocycles. The van der Waals surface area contributed by atoms with Crippen LogP contribution in [0.5, 0.6) is 0 Å². The van der Waals surface area contributed by atoms with Gasteiger partial charge in [0, 0.05) is 45.3 Å². The van der Waals surface area contributed by atoms with E-state index in [1.807, 2.05) is 4.90 Å². The normalized spacial score (nSPS) is 24.2. The summed E-state index contributed by atoms with van der Waals surface area (Å²) in [5.41, 5.74) is 0. The van der Waals surface area contributed by atoms with E-state index in [1.54, 1.807) is 0 Å². The number of rotatable bonds is 5. The third kappa shape index (κ3) is 4.66. The molecule has 0 aromatic heterocycles. The minimum absolute atomic E-state index is 0.237. The predicted octanol–water partition coefficient (Wildman–Crippen LogP) is 0.633. The number of nitrogens with zero attached hydrogens (tertiary/aromatic N) is 3. The monoisotopic (exact) mass is 297 g/mol. The molecule has 0 aliphatic carbocycles. The second-order valence-corrected chi connectivity index (χ2v) is 6.62. The first-order valence-electron chi connectivity index (χ1n) is 8.49. The number of hydrogen-bond donors (Lipinski definition) is 1. The molecule has 1 amide bonds. The van der Waals surface area contributed by atoms with Crippen molar-refractivity contribution in [1.82, 2.24) is 14.7 Å². The second kappa shape index (κ2) is 8.11. The first-order chi connectivity index (χ1) is 10.1. The highest BCUT2D eigenvalue weighted by Gasteiger charge is 2.26. The van der Waals surface area contributed by atoms with Crippen LogP contribution in [0.25, 0.3) is 0 Å². The van der Waals surface area contributed by atoms with Gasteiger partial charge in [0.05, 0.1) is 13.2 Å². The van der Waals surface area contributed by atoms with Crippen LogP contribution in [0.3, 0.4) is 0 Å². The zero-order valence-electron chi connectivity index (χ0n) is 13.6. The molecule has 0 aromatic rings. The average molecular weight is 297 g/mol. The topological polar surface area (TPSA) is 47.0 Å². The van der Waals surface area contributed by atoms with Crippen LogP contribution >= 0.6 is 0 Å².